The average Bonchev–Trinajstić information content (AvgIpc) is 2.63. The molecule has 0 bridgehead atoms. The first-order valence-corrected chi connectivity index (χ1v) is 12.0. The van der Waals surface area contributed by atoms with Crippen LogP contribution in [0.3, 0.4) is 0 Å². The Labute approximate surface area is 155 Å². The summed E-state index contributed by atoms with van der Waals surface area (Å²) in [5.41, 5.74) is 3.59. The van der Waals surface area contributed by atoms with E-state index < -0.39 is 8.32 Å². The lowest BCUT2D eigenvalue weighted by Gasteiger charge is -2.22. The van der Waals surface area contributed by atoms with Crippen molar-refractivity contribution in [3.05, 3.63) is 83.9 Å². The molecular weight excluding hydrogens is 338 g/mol. The van der Waals surface area contributed by atoms with E-state index in [-0.39, 0.29) is 0 Å². The van der Waals surface area contributed by atoms with Crippen LogP contribution in [0.4, 0.5) is 5.69 Å². The monoisotopic (exact) mass is 361 g/mol. The van der Waals surface area contributed by atoms with Gasteiger partial charge in [0, 0.05) is 18.0 Å². The van der Waals surface area contributed by atoms with Gasteiger partial charge in [-0.15, -0.1) is 0 Å². The van der Waals surface area contributed by atoms with Crippen LogP contribution in [0, 0.1) is 6.92 Å². The molecule has 0 aliphatic heterocycles. The Bertz CT molecular complexity index is 862. The maximum absolute atomic E-state index is 6.33. The maximum Gasteiger partial charge on any atom is 0.242 e. The molecule has 0 saturated carbocycles. The molecule has 0 aliphatic carbocycles. The topological polar surface area (TPSA) is 47.4 Å². The molecule has 0 saturated heterocycles. The van der Waals surface area contributed by atoms with Crippen molar-refractivity contribution in [2.24, 2.45) is 4.99 Å². The zero-order valence-electron chi connectivity index (χ0n) is 15.6. The second kappa shape index (κ2) is 7.62. The van der Waals surface area contributed by atoms with Crippen LogP contribution < -0.4 is 4.43 Å². The van der Waals surface area contributed by atoms with E-state index in [9.17, 15) is 0 Å². The molecule has 0 unspecified atom stereocenters. The minimum atomic E-state index is -1.77. The molecule has 4 nitrogen and oxygen atoms in total. The molecule has 0 fully saturated rings. The number of aromatic nitrogens is 2. The van der Waals surface area contributed by atoms with Gasteiger partial charge in [-0.1, -0.05) is 42.5 Å². The minimum absolute atomic E-state index is 0.596. The molecule has 3 rings (SSSR count). The first-order chi connectivity index (χ1) is 12.4. The summed E-state index contributed by atoms with van der Waals surface area (Å²) in [5, 5.41) is 0. The highest BCUT2D eigenvalue weighted by Crippen LogP contribution is 2.34. The summed E-state index contributed by atoms with van der Waals surface area (Å²) in [6, 6.07) is 17.8. The summed E-state index contributed by atoms with van der Waals surface area (Å²) in [6.45, 7) is 8.57. The van der Waals surface area contributed by atoms with Crippen LogP contribution in [0.2, 0.25) is 19.6 Å². The fourth-order valence-electron chi connectivity index (χ4n) is 2.55. The van der Waals surface area contributed by atoms with Gasteiger partial charge in [0.2, 0.25) is 8.32 Å². The number of hydrogen-bond donors (Lipinski definition) is 0. The predicted octanol–water partition coefficient (Wildman–Crippen LogP) is 5.17. The van der Waals surface area contributed by atoms with Crippen molar-refractivity contribution in [1.82, 2.24) is 9.97 Å². The van der Waals surface area contributed by atoms with E-state index in [1.54, 1.807) is 18.5 Å². The van der Waals surface area contributed by atoms with E-state index in [4.69, 9.17) is 9.42 Å². The van der Waals surface area contributed by atoms with Crippen LogP contribution in [0.5, 0.6) is 5.75 Å². The Balaban J connectivity index is 2.17. The second-order valence-electron chi connectivity index (χ2n) is 7.04. The molecule has 1 aromatic heterocycles. The third-order valence-corrected chi connectivity index (χ3v) is 4.47. The van der Waals surface area contributed by atoms with Crippen LogP contribution in [0.1, 0.15) is 17.0 Å². The first kappa shape index (κ1) is 18.0. The highest BCUT2D eigenvalue weighted by molar-refractivity contribution is 6.70. The molecule has 3 aromatic rings. The summed E-state index contributed by atoms with van der Waals surface area (Å²) in [6.07, 6.45) is 3.47. The Morgan fingerprint density at radius 2 is 1.58 bits per heavy atom. The molecule has 0 atom stereocenters. The molecule has 132 valence electrons. The summed E-state index contributed by atoms with van der Waals surface area (Å²) in [5.74, 6) is 1.44. The number of para-hydroxylation sites is 1. The van der Waals surface area contributed by atoms with Crippen LogP contribution in [0.15, 0.2) is 72.0 Å². The van der Waals surface area contributed by atoms with Gasteiger partial charge >= 0.3 is 0 Å². The number of nitrogens with zero attached hydrogens (tertiary/aromatic N) is 3. The number of hydrogen-bond acceptors (Lipinski definition) is 4. The van der Waals surface area contributed by atoms with Gasteiger partial charge < -0.3 is 4.43 Å². The molecule has 1 heterocycles. The van der Waals surface area contributed by atoms with Crippen molar-refractivity contribution in [3.8, 4) is 5.75 Å². The van der Waals surface area contributed by atoms with E-state index in [1.165, 1.54) is 0 Å². The van der Waals surface area contributed by atoms with Crippen LogP contribution in [0.25, 0.3) is 0 Å². The average molecular weight is 362 g/mol. The van der Waals surface area contributed by atoms with E-state index in [2.05, 4.69) is 42.6 Å². The Hall–Kier alpha value is -2.79. The van der Waals surface area contributed by atoms with E-state index in [1.807, 2.05) is 42.5 Å². The molecule has 0 amide bonds. The van der Waals surface area contributed by atoms with Gasteiger partial charge in [-0.25, -0.2) is 15.0 Å². The number of aryl methyl sites for hydroxylation is 1. The van der Waals surface area contributed by atoms with Crippen molar-refractivity contribution in [1.29, 1.82) is 0 Å². The Morgan fingerprint density at radius 1 is 0.885 bits per heavy atom. The fourth-order valence-corrected chi connectivity index (χ4v) is 3.42. The van der Waals surface area contributed by atoms with Crippen molar-refractivity contribution in [2.45, 2.75) is 26.6 Å². The van der Waals surface area contributed by atoms with Crippen molar-refractivity contribution in [3.63, 3.8) is 0 Å². The third kappa shape index (κ3) is 4.43. The minimum Gasteiger partial charge on any atom is -0.543 e. The lowest BCUT2D eigenvalue weighted by molar-refractivity contribution is 0.554. The molecule has 0 N–H and O–H groups in total. The fraction of sp³-hybridized carbons (Fsp3) is 0.190. The van der Waals surface area contributed by atoms with E-state index >= 15 is 0 Å². The summed E-state index contributed by atoms with van der Waals surface area (Å²) in [4.78, 5) is 13.7. The van der Waals surface area contributed by atoms with Crippen molar-refractivity contribution in [2.75, 3.05) is 0 Å². The van der Waals surface area contributed by atoms with Crippen LogP contribution in [-0.4, -0.2) is 24.0 Å². The number of rotatable bonds is 5. The van der Waals surface area contributed by atoms with Crippen molar-refractivity contribution < 1.29 is 4.43 Å². The summed E-state index contributed by atoms with van der Waals surface area (Å²) >= 11 is 0. The molecule has 0 spiro atoms. The molecule has 0 aliphatic rings. The summed E-state index contributed by atoms with van der Waals surface area (Å²) < 4.78 is 6.33. The lowest BCUT2D eigenvalue weighted by Crippen LogP contribution is -2.29. The smallest absolute Gasteiger partial charge is 0.242 e. The Kier molecular flexibility index (Phi) is 5.28. The van der Waals surface area contributed by atoms with Crippen LogP contribution >= 0.6 is 0 Å². The number of aliphatic imine (C=N–C) groups is 1. The molecule has 26 heavy (non-hydrogen) atoms. The molecule has 5 heteroatoms. The van der Waals surface area contributed by atoms with Gasteiger partial charge in [0.25, 0.3) is 0 Å². The van der Waals surface area contributed by atoms with Gasteiger partial charge in [-0.3, -0.25) is 0 Å². The largest absolute Gasteiger partial charge is 0.543 e. The summed E-state index contributed by atoms with van der Waals surface area (Å²) in [7, 11) is -1.77. The molecule has 2 aromatic carbocycles. The van der Waals surface area contributed by atoms with E-state index in [0.29, 0.717) is 5.82 Å². The quantitative estimate of drug-likeness (QED) is 0.465. The zero-order chi connectivity index (χ0) is 18.6. The van der Waals surface area contributed by atoms with Gasteiger partial charge in [0.05, 0.1) is 0 Å². The third-order valence-electron chi connectivity index (χ3n) is 3.66. The standard InChI is InChI=1S/C21H23N3OSi/c1-16-10-8-13-18(20(16)25-26(2,3)4)24-19(17-11-6-5-7-12-17)21-22-14-9-15-23-21/h5-15H,1-4H3. The van der Waals surface area contributed by atoms with Crippen LogP contribution in [-0.2, 0) is 0 Å². The zero-order valence-corrected chi connectivity index (χ0v) is 16.6. The van der Waals surface area contributed by atoms with Gasteiger partial charge in [-0.2, -0.15) is 0 Å². The molecular formula is C21H23N3OSi. The Morgan fingerprint density at radius 3 is 2.23 bits per heavy atom. The predicted molar refractivity (Wildman–Crippen MR) is 109 cm³/mol. The van der Waals surface area contributed by atoms with Gasteiger partial charge in [0.1, 0.15) is 17.1 Å². The first-order valence-electron chi connectivity index (χ1n) is 8.64. The van der Waals surface area contributed by atoms with Crippen molar-refractivity contribution >= 4 is 19.7 Å². The van der Waals surface area contributed by atoms with E-state index in [0.717, 1.165) is 28.3 Å². The normalized spacial score (nSPS) is 12.1. The number of benzene rings is 2. The van der Waals surface area contributed by atoms with Gasteiger partial charge in [0.15, 0.2) is 5.82 Å². The highest BCUT2D eigenvalue weighted by Gasteiger charge is 2.20. The maximum atomic E-state index is 6.33. The second-order valence-corrected chi connectivity index (χ2v) is 11.5. The molecule has 0 radical (unpaired) electrons. The lowest BCUT2D eigenvalue weighted by atomic mass is 10.1. The highest BCUT2D eigenvalue weighted by atomic mass is 28.4. The SMILES string of the molecule is Cc1cccc(N=C(c2ccccc2)c2ncccn2)c1O[Si](C)(C)C. The van der Waals surface area contributed by atoms with Gasteiger partial charge in [-0.05, 0) is 44.3 Å².